The van der Waals surface area contributed by atoms with Gasteiger partial charge in [0.1, 0.15) is 11.4 Å². The van der Waals surface area contributed by atoms with Crippen molar-refractivity contribution in [1.29, 1.82) is 0 Å². The van der Waals surface area contributed by atoms with Crippen LogP contribution < -0.4 is 5.32 Å². The van der Waals surface area contributed by atoms with Gasteiger partial charge in [0.25, 0.3) is 0 Å². The number of nitrogens with one attached hydrogen (secondary N) is 1. The molecule has 134 valence electrons. The van der Waals surface area contributed by atoms with Crippen LogP contribution in [-0.4, -0.2) is 22.8 Å². The molecule has 1 amide bonds. The van der Waals surface area contributed by atoms with Gasteiger partial charge in [-0.25, -0.2) is 9.18 Å². The third kappa shape index (κ3) is 6.05. The Kier molecular flexibility index (Phi) is 5.80. The van der Waals surface area contributed by atoms with Gasteiger partial charge in [0, 0.05) is 5.56 Å². The average Bonchev–Trinajstić information content (AvgIpc) is 2.34. The van der Waals surface area contributed by atoms with Crippen molar-refractivity contribution < 1.29 is 37.0 Å². The Balaban J connectivity index is 3.16. The fourth-order valence-corrected chi connectivity index (χ4v) is 1.85. The van der Waals surface area contributed by atoms with Crippen LogP contribution in [0.5, 0.6) is 0 Å². The number of hydrogen-bond donors (Lipinski definition) is 2. The van der Waals surface area contributed by atoms with E-state index in [1.165, 1.54) is 0 Å². The number of benzene rings is 1. The molecule has 0 aliphatic carbocycles. The summed E-state index contributed by atoms with van der Waals surface area (Å²) in [5, 5.41) is 11.0. The second-order valence-electron chi connectivity index (χ2n) is 6.03. The van der Waals surface area contributed by atoms with Crippen molar-refractivity contribution in [1.82, 2.24) is 5.32 Å². The average molecular weight is 351 g/mol. The molecule has 9 heteroatoms. The van der Waals surface area contributed by atoms with E-state index in [0.717, 1.165) is 0 Å². The minimum Gasteiger partial charge on any atom is -0.481 e. The van der Waals surface area contributed by atoms with Gasteiger partial charge in [0.2, 0.25) is 0 Å². The lowest BCUT2D eigenvalue weighted by molar-refractivity contribution is -0.138. The van der Waals surface area contributed by atoms with E-state index in [1.807, 2.05) is 0 Å². The maximum absolute atomic E-state index is 13.9. The number of alkyl halides is 3. The fraction of sp³-hybridized carbons (Fsp3) is 0.467. The summed E-state index contributed by atoms with van der Waals surface area (Å²) in [4.78, 5) is 22.7. The predicted molar refractivity (Wildman–Crippen MR) is 75.8 cm³/mol. The normalized spacial score (nSPS) is 13.3. The number of alkyl carbamates (subject to hydrolysis) is 1. The van der Waals surface area contributed by atoms with E-state index >= 15 is 0 Å². The van der Waals surface area contributed by atoms with Crippen molar-refractivity contribution in [2.75, 3.05) is 0 Å². The molecule has 1 aromatic rings. The quantitative estimate of drug-likeness (QED) is 0.807. The van der Waals surface area contributed by atoms with Crippen molar-refractivity contribution in [3.05, 3.63) is 35.1 Å². The summed E-state index contributed by atoms with van der Waals surface area (Å²) >= 11 is 0. The molecule has 0 saturated heterocycles. The summed E-state index contributed by atoms with van der Waals surface area (Å²) < 4.78 is 57.1. The molecule has 0 aliphatic heterocycles. The maximum atomic E-state index is 13.9. The monoisotopic (exact) mass is 351 g/mol. The zero-order valence-electron chi connectivity index (χ0n) is 13.2. The predicted octanol–water partition coefficient (Wildman–Crippen LogP) is 3.89. The van der Waals surface area contributed by atoms with Crippen LogP contribution in [0.3, 0.4) is 0 Å². The molecule has 0 fully saturated rings. The summed E-state index contributed by atoms with van der Waals surface area (Å²) in [6, 6.07) is 0.0634. The van der Waals surface area contributed by atoms with Crippen molar-refractivity contribution in [2.45, 2.75) is 45.0 Å². The van der Waals surface area contributed by atoms with Crippen LogP contribution in [0.15, 0.2) is 18.2 Å². The van der Waals surface area contributed by atoms with Gasteiger partial charge in [-0.1, -0.05) is 0 Å². The highest BCUT2D eigenvalue weighted by molar-refractivity contribution is 5.72. The zero-order valence-corrected chi connectivity index (χ0v) is 13.2. The zero-order chi connectivity index (χ0) is 18.7. The molecular formula is C15H17F4NO4. The molecule has 0 unspecified atom stereocenters. The minimum atomic E-state index is -4.73. The van der Waals surface area contributed by atoms with Gasteiger partial charge in [0.15, 0.2) is 0 Å². The molecule has 0 aliphatic rings. The number of carbonyl (C=O) groups is 2. The number of carboxylic acids is 1. The molecular weight excluding hydrogens is 334 g/mol. The van der Waals surface area contributed by atoms with Gasteiger partial charge in [-0.2, -0.15) is 13.2 Å². The van der Waals surface area contributed by atoms with Gasteiger partial charge in [-0.15, -0.1) is 0 Å². The summed E-state index contributed by atoms with van der Waals surface area (Å²) in [6.45, 7) is 4.64. The lowest BCUT2D eigenvalue weighted by atomic mass is 10.0. The van der Waals surface area contributed by atoms with Crippen molar-refractivity contribution >= 4 is 12.1 Å². The molecule has 0 bridgehead atoms. The van der Waals surface area contributed by atoms with Crippen LogP contribution in [0.1, 0.15) is 44.4 Å². The Labute approximate surface area is 135 Å². The second kappa shape index (κ2) is 7.06. The highest BCUT2D eigenvalue weighted by Gasteiger charge is 2.33. The van der Waals surface area contributed by atoms with Crippen molar-refractivity contribution in [2.24, 2.45) is 0 Å². The van der Waals surface area contributed by atoms with Gasteiger partial charge < -0.3 is 15.2 Å². The van der Waals surface area contributed by atoms with Gasteiger partial charge in [-0.05, 0) is 39.0 Å². The molecule has 5 nitrogen and oxygen atoms in total. The Morgan fingerprint density at radius 3 is 2.29 bits per heavy atom. The Bertz CT molecular complexity index is 623. The molecule has 0 aromatic heterocycles. The largest absolute Gasteiger partial charge is 0.481 e. The minimum absolute atomic E-state index is 0.473. The maximum Gasteiger partial charge on any atom is 0.416 e. The lowest BCUT2D eigenvalue weighted by Gasteiger charge is -2.24. The molecule has 2 N–H and O–H groups in total. The topological polar surface area (TPSA) is 75.6 Å². The number of carbonyl (C=O) groups excluding carboxylic acids is 1. The number of halogens is 4. The first-order valence-electron chi connectivity index (χ1n) is 6.87. The Morgan fingerprint density at radius 1 is 1.25 bits per heavy atom. The number of amides is 1. The first-order valence-corrected chi connectivity index (χ1v) is 6.87. The number of carboxylic acid groups (broad SMARTS) is 1. The highest BCUT2D eigenvalue weighted by atomic mass is 19.4. The fourth-order valence-electron chi connectivity index (χ4n) is 1.85. The summed E-state index contributed by atoms with van der Waals surface area (Å²) in [6.07, 6.45) is -6.61. The van der Waals surface area contributed by atoms with Gasteiger partial charge in [-0.3, -0.25) is 4.79 Å². The molecule has 1 aromatic carbocycles. The third-order valence-electron chi connectivity index (χ3n) is 2.77. The number of rotatable bonds is 4. The molecule has 0 heterocycles. The van der Waals surface area contributed by atoms with E-state index in [0.29, 0.717) is 18.2 Å². The van der Waals surface area contributed by atoms with E-state index in [2.05, 4.69) is 5.32 Å². The van der Waals surface area contributed by atoms with E-state index in [9.17, 15) is 27.2 Å². The van der Waals surface area contributed by atoms with Crippen LogP contribution in [0.2, 0.25) is 0 Å². The number of ether oxygens (including phenoxy) is 1. The molecule has 0 radical (unpaired) electrons. The first-order chi connectivity index (χ1) is 10.8. The van der Waals surface area contributed by atoms with Crippen molar-refractivity contribution in [3.63, 3.8) is 0 Å². The molecule has 0 spiro atoms. The Hall–Kier alpha value is -2.32. The van der Waals surface area contributed by atoms with Crippen molar-refractivity contribution in [3.8, 4) is 0 Å². The molecule has 1 atom stereocenters. The number of hydrogen-bond acceptors (Lipinski definition) is 3. The summed E-state index contributed by atoms with van der Waals surface area (Å²) in [7, 11) is 0. The molecule has 1 rings (SSSR count). The summed E-state index contributed by atoms with van der Waals surface area (Å²) in [5.41, 5.74) is -2.65. The van der Waals surface area contributed by atoms with Crippen LogP contribution in [0.4, 0.5) is 22.4 Å². The Morgan fingerprint density at radius 2 is 1.83 bits per heavy atom. The second-order valence-corrected chi connectivity index (χ2v) is 6.03. The first kappa shape index (κ1) is 19.7. The smallest absolute Gasteiger partial charge is 0.416 e. The van der Waals surface area contributed by atoms with Crippen LogP contribution >= 0.6 is 0 Å². The third-order valence-corrected chi connectivity index (χ3v) is 2.77. The summed E-state index contributed by atoms with van der Waals surface area (Å²) in [5.74, 6) is -2.49. The van der Waals surface area contributed by atoms with Crippen LogP contribution in [0.25, 0.3) is 0 Å². The van der Waals surface area contributed by atoms with Crippen LogP contribution in [-0.2, 0) is 15.7 Å². The lowest BCUT2D eigenvalue weighted by Crippen LogP contribution is -2.36. The molecule has 24 heavy (non-hydrogen) atoms. The van der Waals surface area contributed by atoms with Crippen LogP contribution in [0, 0.1) is 5.82 Å². The van der Waals surface area contributed by atoms with E-state index in [1.54, 1.807) is 20.8 Å². The SMILES string of the molecule is CC(C)(C)OC(=O)N[C@H](CC(=O)O)c1cc(C(F)(F)F)ccc1F. The van der Waals surface area contributed by atoms with E-state index < -0.39 is 53.2 Å². The standard InChI is InChI=1S/C15H17F4NO4/c1-14(2,3)24-13(23)20-11(7-12(21)22)9-6-8(15(17,18)19)4-5-10(9)16/h4-6,11H,7H2,1-3H3,(H,20,23)(H,21,22)/t11-/m1/s1. The number of aliphatic carboxylic acids is 1. The van der Waals surface area contributed by atoms with Gasteiger partial charge in [0.05, 0.1) is 18.0 Å². The van der Waals surface area contributed by atoms with E-state index in [-0.39, 0.29) is 0 Å². The van der Waals surface area contributed by atoms with Gasteiger partial charge >= 0.3 is 18.2 Å². The highest BCUT2D eigenvalue weighted by Crippen LogP contribution is 2.32. The van der Waals surface area contributed by atoms with E-state index in [4.69, 9.17) is 9.84 Å². The molecule has 0 saturated carbocycles.